The van der Waals surface area contributed by atoms with Gasteiger partial charge in [0.25, 0.3) is 0 Å². The van der Waals surface area contributed by atoms with Gasteiger partial charge < -0.3 is 5.11 Å². The molecular weight excluding hydrogens is 182 g/mol. The molecule has 0 aromatic rings. The summed E-state index contributed by atoms with van der Waals surface area (Å²) in [5.74, 6) is 1.12. The molecule has 0 aromatic carbocycles. The van der Waals surface area contributed by atoms with E-state index in [0.29, 0.717) is 0 Å². The van der Waals surface area contributed by atoms with Crippen molar-refractivity contribution < 1.29 is 5.11 Å². The molecule has 1 N–H and O–H groups in total. The second-order valence-corrected chi connectivity index (χ2v) is 4.76. The molecule has 1 rings (SSSR count). The molecule has 1 aliphatic rings. The van der Waals surface area contributed by atoms with Crippen LogP contribution in [0, 0.1) is 12.3 Å². The molecule has 1 heterocycles. The molecule has 1 radical (unpaired) electrons. The Kier molecular flexibility index (Phi) is 4.26. The number of rotatable bonds is 5. The number of aliphatic hydroxyl groups excluding tert-OH is 1. The summed E-state index contributed by atoms with van der Waals surface area (Å²) in [4.78, 5) is 4.49. The highest BCUT2D eigenvalue weighted by molar-refractivity contribution is 8.14. The summed E-state index contributed by atoms with van der Waals surface area (Å²) < 4.78 is 0. The van der Waals surface area contributed by atoms with E-state index in [1.165, 1.54) is 5.04 Å². The summed E-state index contributed by atoms with van der Waals surface area (Å²) in [7, 11) is 0. The van der Waals surface area contributed by atoms with Crippen molar-refractivity contribution in [3.8, 4) is 0 Å². The van der Waals surface area contributed by atoms with E-state index in [9.17, 15) is 0 Å². The monoisotopic (exact) mass is 200 g/mol. The molecule has 1 aliphatic heterocycles. The molecule has 0 aromatic heterocycles. The highest BCUT2D eigenvalue weighted by atomic mass is 32.2. The summed E-state index contributed by atoms with van der Waals surface area (Å²) >= 11 is 1.85. The zero-order chi connectivity index (χ0) is 9.73. The predicted molar refractivity (Wildman–Crippen MR) is 59.2 cm³/mol. The summed E-state index contributed by atoms with van der Waals surface area (Å²) in [6.07, 6.45) is 2.73. The van der Waals surface area contributed by atoms with Crippen molar-refractivity contribution in [3.05, 3.63) is 6.92 Å². The van der Waals surface area contributed by atoms with Crippen LogP contribution in [0.5, 0.6) is 0 Å². The third-order valence-electron chi connectivity index (χ3n) is 2.54. The maximum absolute atomic E-state index is 8.80. The minimum Gasteiger partial charge on any atom is -0.396 e. The highest BCUT2D eigenvalue weighted by Gasteiger charge is 2.30. The molecule has 0 saturated heterocycles. The topological polar surface area (TPSA) is 32.6 Å². The normalized spacial score (nSPS) is 21.3. The average Bonchev–Trinajstić information content (AvgIpc) is 2.67. The summed E-state index contributed by atoms with van der Waals surface area (Å²) in [6.45, 7) is 7.41. The zero-order valence-electron chi connectivity index (χ0n) is 8.25. The van der Waals surface area contributed by atoms with E-state index in [1.54, 1.807) is 0 Å². The Morgan fingerprint density at radius 3 is 2.92 bits per heavy atom. The molecule has 0 bridgehead atoms. The van der Waals surface area contributed by atoms with E-state index < -0.39 is 0 Å². The maximum atomic E-state index is 8.80. The maximum Gasteiger partial charge on any atom is 0.0736 e. The lowest BCUT2D eigenvalue weighted by molar-refractivity contribution is 0.263. The van der Waals surface area contributed by atoms with Crippen molar-refractivity contribution in [1.82, 2.24) is 0 Å². The fraction of sp³-hybridized carbons (Fsp3) is 0.800. The van der Waals surface area contributed by atoms with Crippen molar-refractivity contribution in [3.63, 3.8) is 0 Å². The molecule has 1 unspecified atom stereocenters. The molecular formula is C10H18NOS. The standard InChI is InChI=1S/C10H18NOS/c1-3-10(2,5-4-7-12)9-11-6-8-13-9/h12H,1,3-8H2,2H3. The second-order valence-electron chi connectivity index (χ2n) is 3.67. The molecule has 2 nitrogen and oxygen atoms in total. The molecule has 1 atom stereocenters. The van der Waals surface area contributed by atoms with Crippen LogP contribution in [0.3, 0.4) is 0 Å². The highest BCUT2D eigenvalue weighted by Crippen LogP contribution is 2.36. The zero-order valence-corrected chi connectivity index (χ0v) is 9.07. The van der Waals surface area contributed by atoms with Crippen LogP contribution in [0.15, 0.2) is 4.99 Å². The van der Waals surface area contributed by atoms with Crippen LogP contribution in [0.1, 0.15) is 26.2 Å². The minimum atomic E-state index is 0.115. The van der Waals surface area contributed by atoms with Crippen molar-refractivity contribution >= 4 is 16.8 Å². The molecule has 0 aliphatic carbocycles. The van der Waals surface area contributed by atoms with E-state index in [2.05, 4.69) is 18.8 Å². The Morgan fingerprint density at radius 2 is 2.46 bits per heavy atom. The van der Waals surface area contributed by atoms with Crippen LogP contribution in [-0.4, -0.2) is 29.1 Å². The Labute approximate surface area is 84.8 Å². The molecule has 0 spiro atoms. The van der Waals surface area contributed by atoms with Crippen LogP contribution in [0.25, 0.3) is 0 Å². The van der Waals surface area contributed by atoms with Gasteiger partial charge in [-0.2, -0.15) is 0 Å². The third kappa shape index (κ3) is 2.71. The quantitative estimate of drug-likeness (QED) is 0.737. The van der Waals surface area contributed by atoms with Gasteiger partial charge in [-0.15, -0.1) is 11.8 Å². The largest absolute Gasteiger partial charge is 0.396 e. The lowest BCUT2D eigenvalue weighted by Gasteiger charge is -2.27. The average molecular weight is 200 g/mol. The van der Waals surface area contributed by atoms with Gasteiger partial charge in [-0.1, -0.05) is 13.8 Å². The van der Waals surface area contributed by atoms with E-state index in [1.807, 2.05) is 11.8 Å². The molecule has 75 valence electrons. The number of aliphatic hydroxyl groups is 1. The number of hydrogen-bond acceptors (Lipinski definition) is 3. The van der Waals surface area contributed by atoms with Crippen LogP contribution < -0.4 is 0 Å². The molecule has 3 heteroatoms. The lowest BCUT2D eigenvalue weighted by atomic mass is 9.84. The Bertz CT molecular complexity index is 193. The predicted octanol–water partition coefficient (Wildman–Crippen LogP) is 2.13. The molecule has 13 heavy (non-hydrogen) atoms. The van der Waals surface area contributed by atoms with Crippen LogP contribution in [-0.2, 0) is 0 Å². The second kappa shape index (κ2) is 5.01. The van der Waals surface area contributed by atoms with Crippen LogP contribution in [0.2, 0.25) is 0 Å². The SMILES string of the molecule is [CH2]CC(C)(CCCO)C1=NCCS1. The van der Waals surface area contributed by atoms with E-state index in [4.69, 9.17) is 5.11 Å². The Hall–Kier alpha value is -0.0200. The van der Waals surface area contributed by atoms with Gasteiger partial charge in [0.1, 0.15) is 0 Å². The Balaban J connectivity index is 2.56. The van der Waals surface area contributed by atoms with E-state index in [-0.39, 0.29) is 12.0 Å². The van der Waals surface area contributed by atoms with Crippen molar-refractivity contribution in [2.24, 2.45) is 10.4 Å². The van der Waals surface area contributed by atoms with Gasteiger partial charge >= 0.3 is 0 Å². The molecule has 0 amide bonds. The summed E-state index contributed by atoms with van der Waals surface area (Å²) in [5, 5.41) is 10.0. The Morgan fingerprint density at radius 1 is 1.69 bits per heavy atom. The van der Waals surface area contributed by atoms with Crippen molar-refractivity contribution in [2.75, 3.05) is 18.9 Å². The van der Waals surface area contributed by atoms with E-state index in [0.717, 1.165) is 31.6 Å². The molecule has 0 fully saturated rings. The van der Waals surface area contributed by atoms with Gasteiger partial charge in [-0.05, 0) is 19.3 Å². The lowest BCUT2D eigenvalue weighted by Crippen LogP contribution is -2.24. The first kappa shape index (κ1) is 11.1. The number of nitrogens with zero attached hydrogens (tertiary/aromatic N) is 1. The van der Waals surface area contributed by atoms with Gasteiger partial charge in [0.15, 0.2) is 0 Å². The van der Waals surface area contributed by atoms with Gasteiger partial charge in [-0.3, -0.25) is 4.99 Å². The fourth-order valence-electron chi connectivity index (χ4n) is 1.51. The van der Waals surface area contributed by atoms with Crippen molar-refractivity contribution in [1.29, 1.82) is 0 Å². The minimum absolute atomic E-state index is 0.115. The first-order chi connectivity index (χ1) is 6.23. The smallest absolute Gasteiger partial charge is 0.0736 e. The first-order valence-corrected chi connectivity index (χ1v) is 5.79. The summed E-state index contributed by atoms with van der Waals surface area (Å²) in [5.41, 5.74) is 0.115. The third-order valence-corrected chi connectivity index (χ3v) is 3.82. The van der Waals surface area contributed by atoms with Crippen LogP contribution >= 0.6 is 11.8 Å². The summed E-state index contributed by atoms with van der Waals surface area (Å²) in [6, 6.07) is 0. The van der Waals surface area contributed by atoms with Gasteiger partial charge in [0, 0.05) is 24.3 Å². The van der Waals surface area contributed by atoms with Crippen LogP contribution in [0.4, 0.5) is 0 Å². The molecule has 0 saturated carbocycles. The number of hydrogen-bond donors (Lipinski definition) is 1. The number of aliphatic imine (C=N–C) groups is 1. The first-order valence-electron chi connectivity index (χ1n) is 4.81. The van der Waals surface area contributed by atoms with Gasteiger partial charge in [-0.25, -0.2) is 0 Å². The van der Waals surface area contributed by atoms with Gasteiger partial charge in [0.2, 0.25) is 0 Å². The van der Waals surface area contributed by atoms with Gasteiger partial charge in [0.05, 0.1) is 5.04 Å². The van der Waals surface area contributed by atoms with E-state index >= 15 is 0 Å². The van der Waals surface area contributed by atoms with Crippen molar-refractivity contribution in [2.45, 2.75) is 26.2 Å². The fourth-order valence-corrected chi connectivity index (χ4v) is 2.62. The number of thioether (sulfide) groups is 1.